The molecule has 152 valence electrons. The highest BCUT2D eigenvalue weighted by molar-refractivity contribution is 7.87. The van der Waals surface area contributed by atoms with Crippen LogP contribution in [0.4, 0.5) is 8.78 Å². The summed E-state index contributed by atoms with van der Waals surface area (Å²) < 4.78 is 60.8. The lowest BCUT2D eigenvalue weighted by atomic mass is 9.70. The van der Waals surface area contributed by atoms with Crippen molar-refractivity contribution in [2.75, 3.05) is 0 Å². The topological polar surface area (TPSA) is 80.7 Å². The van der Waals surface area contributed by atoms with Crippen LogP contribution in [0.2, 0.25) is 0 Å². The average Bonchev–Trinajstić information content (AvgIpc) is 2.60. The standard InChI is InChI=1S/C18H30F2O5S/c1-2-3-4-13-5-7-14(8-6-13)15-9-11-16(12-10-15)25-17(21)18(19,20)26(22,23)24/h13-16H,2-12H2,1H3,(H,22,23,24). The molecule has 26 heavy (non-hydrogen) atoms. The van der Waals surface area contributed by atoms with Gasteiger partial charge in [-0.3, -0.25) is 4.55 Å². The Hall–Kier alpha value is -0.760. The van der Waals surface area contributed by atoms with Crippen molar-refractivity contribution in [3.63, 3.8) is 0 Å². The number of esters is 1. The van der Waals surface area contributed by atoms with Crippen molar-refractivity contribution in [1.82, 2.24) is 0 Å². The summed E-state index contributed by atoms with van der Waals surface area (Å²) >= 11 is 0. The molecular weight excluding hydrogens is 366 g/mol. The second-order valence-corrected chi connectivity index (χ2v) is 9.32. The molecule has 0 aromatic rings. The predicted octanol–water partition coefficient (Wildman–Crippen LogP) is 4.57. The van der Waals surface area contributed by atoms with Crippen LogP contribution in [0.3, 0.4) is 0 Å². The largest absolute Gasteiger partial charge is 0.465 e. The van der Waals surface area contributed by atoms with Gasteiger partial charge >= 0.3 is 21.3 Å². The van der Waals surface area contributed by atoms with E-state index in [2.05, 4.69) is 11.7 Å². The van der Waals surface area contributed by atoms with E-state index in [1.807, 2.05) is 0 Å². The number of hydrogen-bond donors (Lipinski definition) is 1. The minimum atomic E-state index is -5.80. The molecule has 0 unspecified atom stereocenters. The number of ether oxygens (including phenoxy) is 1. The van der Waals surface area contributed by atoms with Crippen molar-refractivity contribution < 1.29 is 31.3 Å². The fourth-order valence-electron chi connectivity index (χ4n) is 4.44. The molecule has 0 bridgehead atoms. The lowest BCUT2D eigenvalue weighted by Crippen LogP contribution is -2.41. The Morgan fingerprint density at radius 3 is 2.00 bits per heavy atom. The van der Waals surface area contributed by atoms with Gasteiger partial charge in [-0.2, -0.15) is 17.2 Å². The fraction of sp³-hybridized carbons (Fsp3) is 0.944. The van der Waals surface area contributed by atoms with Crippen molar-refractivity contribution in [1.29, 1.82) is 0 Å². The number of rotatable bonds is 7. The van der Waals surface area contributed by atoms with Gasteiger partial charge in [0.25, 0.3) is 0 Å². The van der Waals surface area contributed by atoms with Gasteiger partial charge in [0.1, 0.15) is 6.10 Å². The molecule has 0 radical (unpaired) electrons. The summed E-state index contributed by atoms with van der Waals surface area (Å²) in [6.45, 7) is 2.21. The molecule has 0 spiro atoms. The van der Waals surface area contributed by atoms with Crippen LogP contribution in [-0.4, -0.2) is 30.3 Å². The summed E-state index contributed by atoms with van der Waals surface area (Å²) in [4.78, 5) is 11.4. The maximum atomic E-state index is 13.3. The van der Waals surface area contributed by atoms with Gasteiger partial charge < -0.3 is 4.74 Å². The fourth-order valence-corrected chi connectivity index (χ4v) is 4.70. The molecule has 1 N–H and O–H groups in total. The first-order valence-electron chi connectivity index (χ1n) is 9.71. The summed E-state index contributed by atoms with van der Waals surface area (Å²) in [5, 5.41) is -4.90. The highest BCUT2D eigenvalue weighted by Gasteiger charge is 2.54. The Morgan fingerprint density at radius 1 is 1.04 bits per heavy atom. The zero-order valence-corrected chi connectivity index (χ0v) is 16.1. The van der Waals surface area contributed by atoms with E-state index >= 15 is 0 Å². The van der Waals surface area contributed by atoms with Crippen LogP contribution in [-0.2, 0) is 19.6 Å². The molecule has 2 fully saturated rings. The number of alkyl halides is 2. The quantitative estimate of drug-likeness (QED) is 0.504. The second-order valence-electron chi connectivity index (χ2n) is 7.86. The highest BCUT2D eigenvalue weighted by Crippen LogP contribution is 2.41. The molecule has 8 heteroatoms. The lowest BCUT2D eigenvalue weighted by molar-refractivity contribution is -0.169. The zero-order valence-electron chi connectivity index (χ0n) is 15.3. The Morgan fingerprint density at radius 2 is 1.54 bits per heavy atom. The first-order valence-corrected chi connectivity index (χ1v) is 11.1. The molecule has 0 aromatic heterocycles. The molecule has 2 aliphatic carbocycles. The molecule has 0 saturated heterocycles. The molecular formula is C18H30F2O5S. The zero-order chi connectivity index (χ0) is 19.4. The Balaban J connectivity index is 1.75. The van der Waals surface area contributed by atoms with Crippen LogP contribution in [0.15, 0.2) is 0 Å². The number of carbonyl (C=O) groups is 1. The van der Waals surface area contributed by atoms with Crippen LogP contribution in [0.5, 0.6) is 0 Å². The first-order chi connectivity index (χ1) is 12.1. The van der Waals surface area contributed by atoms with Crippen molar-refractivity contribution in [2.24, 2.45) is 17.8 Å². The third-order valence-corrected chi connectivity index (χ3v) is 6.89. The van der Waals surface area contributed by atoms with Crippen molar-refractivity contribution in [3.05, 3.63) is 0 Å². The maximum Gasteiger partial charge on any atom is 0.465 e. The van der Waals surface area contributed by atoms with Crippen LogP contribution in [0, 0.1) is 17.8 Å². The normalized spacial score (nSPS) is 30.8. The minimum Gasteiger partial charge on any atom is -0.457 e. The lowest BCUT2D eigenvalue weighted by Gasteiger charge is -2.37. The van der Waals surface area contributed by atoms with Crippen LogP contribution < -0.4 is 0 Å². The van der Waals surface area contributed by atoms with E-state index in [1.165, 1.54) is 44.9 Å². The summed E-state index contributed by atoms with van der Waals surface area (Å²) in [5.41, 5.74) is 0. The van der Waals surface area contributed by atoms with Gasteiger partial charge in [-0.25, -0.2) is 4.79 Å². The summed E-state index contributed by atoms with van der Waals surface area (Å²) in [5.74, 6) is -0.158. The van der Waals surface area contributed by atoms with E-state index in [4.69, 9.17) is 4.55 Å². The van der Waals surface area contributed by atoms with Gasteiger partial charge in [0, 0.05) is 0 Å². The van der Waals surface area contributed by atoms with Gasteiger partial charge in [0.15, 0.2) is 0 Å². The van der Waals surface area contributed by atoms with E-state index in [1.54, 1.807) is 0 Å². The molecule has 0 amide bonds. The molecule has 2 saturated carbocycles. The third kappa shape index (κ3) is 5.38. The van der Waals surface area contributed by atoms with E-state index in [0.717, 1.165) is 18.8 Å². The van der Waals surface area contributed by atoms with Crippen LogP contribution >= 0.6 is 0 Å². The number of hydrogen-bond acceptors (Lipinski definition) is 4. The maximum absolute atomic E-state index is 13.3. The van der Waals surface area contributed by atoms with E-state index in [0.29, 0.717) is 24.7 Å². The smallest absolute Gasteiger partial charge is 0.457 e. The van der Waals surface area contributed by atoms with Crippen LogP contribution in [0.25, 0.3) is 0 Å². The summed E-state index contributed by atoms with van der Waals surface area (Å²) in [6, 6.07) is 0. The van der Waals surface area contributed by atoms with Crippen LogP contribution in [0.1, 0.15) is 77.6 Å². The molecule has 0 aromatic carbocycles. The monoisotopic (exact) mass is 396 g/mol. The van der Waals surface area contributed by atoms with Crippen molar-refractivity contribution in [2.45, 2.75) is 88.9 Å². The molecule has 2 aliphatic rings. The Labute approximate surface area is 154 Å². The predicted molar refractivity (Wildman–Crippen MR) is 93.3 cm³/mol. The Bertz CT molecular complexity index is 562. The summed E-state index contributed by atoms with van der Waals surface area (Å²) in [6.07, 6.45) is 10.6. The number of unbranched alkanes of at least 4 members (excludes halogenated alkanes) is 1. The van der Waals surface area contributed by atoms with Gasteiger partial charge in [-0.05, 0) is 56.3 Å². The van der Waals surface area contributed by atoms with E-state index in [-0.39, 0.29) is 0 Å². The minimum absolute atomic E-state index is 0.466. The number of halogens is 2. The van der Waals surface area contributed by atoms with Crippen molar-refractivity contribution >= 4 is 16.1 Å². The Kier molecular flexibility index (Phi) is 7.42. The second kappa shape index (κ2) is 8.95. The molecule has 0 atom stereocenters. The summed E-state index contributed by atoms with van der Waals surface area (Å²) in [7, 11) is -5.80. The highest BCUT2D eigenvalue weighted by atomic mass is 32.2. The molecule has 0 heterocycles. The molecule has 5 nitrogen and oxygen atoms in total. The van der Waals surface area contributed by atoms with Gasteiger partial charge in [-0.15, -0.1) is 0 Å². The SMILES string of the molecule is CCCCC1CCC(C2CCC(OC(=O)C(F)(F)S(=O)(=O)O)CC2)CC1. The van der Waals surface area contributed by atoms with E-state index < -0.39 is 27.4 Å². The van der Waals surface area contributed by atoms with Gasteiger partial charge in [0.05, 0.1) is 0 Å². The van der Waals surface area contributed by atoms with Gasteiger partial charge in [0.2, 0.25) is 0 Å². The average molecular weight is 396 g/mol. The van der Waals surface area contributed by atoms with E-state index in [9.17, 15) is 22.0 Å². The first kappa shape index (κ1) is 21.5. The third-order valence-electron chi connectivity index (χ3n) is 6.08. The molecule has 0 aliphatic heterocycles. The molecule has 2 rings (SSSR count). The van der Waals surface area contributed by atoms with Crippen molar-refractivity contribution in [3.8, 4) is 0 Å². The van der Waals surface area contributed by atoms with Gasteiger partial charge in [-0.1, -0.05) is 39.0 Å². The number of carbonyl (C=O) groups excluding carboxylic acids is 1.